The molecule has 0 saturated carbocycles. The van der Waals surface area contributed by atoms with Gasteiger partial charge in [-0.05, 0) is 25.0 Å². The monoisotopic (exact) mass is 295 g/mol. The van der Waals surface area contributed by atoms with Gasteiger partial charge in [-0.1, -0.05) is 6.92 Å². The Morgan fingerprint density at radius 3 is 2.91 bits per heavy atom. The predicted molar refractivity (Wildman–Crippen MR) is 87.8 cm³/mol. The summed E-state index contributed by atoms with van der Waals surface area (Å²) in [4.78, 5) is 16.1. The van der Waals surface area contributed by atoms with Crippen LogP contribution >= 0.6 is 0 Å². The molecule has 3 heterocycles. The molecule has 0 spiro atoms. The fraction of sp³-hybridized carbons (Fsp3) is 0.200. The van der Waals surface area contributed by atoms with E-state index in [0.29, 0.717) is 22.9 Å². The number of anilines is 3. The molecule has 0 aliphatic heterocycles. The molecule has 3 aromatic heterocycles. The van der Waals surface area contributed by atoms with E-state index in [2.05, 4.69) is 32.2 Å². The van der Waals surface area contributed by atoms with Gasteiger partial charge in [-0.3, -0.25) is 0 Å². The van der Waals surface area contributed by atoms with E-state index in [1.165, 1.54) is 18.7 Å². The zero-order chi connectivity index (χ0) is 15.7. The zero-order valence-electron chi connectivity index (χ0n) is 12.4. The molecule has 0 aromatic carbocycles. The summed E-state index contributed by atoms with van der Waals surface area (Å²) in [5.74, 6) is 1.28. The number of aromatic amines is 1. The third-order valence-corrected chi connectivity index (χ3v) is 3.67. The number of nitrogens with one attached hydrogen (secondary N) is 3. The molecule has 3 aromatic rings. The lowest BCUT2D eigenvalue weighted by atomic mass is 10.1. The molecule has 7 nitrogen and oxygen atoms in total. The molecule has 7 heteroatoms. The fourth-order valence-electron chi connectivity index (χ4n) is 2.47. The van der Waals surface area contributed by atoms with Gasteiger partial charge in [0.2, 0.25) is 0 Å². The van der Waals surface area contributed by atoms with Crippen LogP contribution in [0.4, 0.5) is 17.3 Å². The van der Waals surface area contributed by atoms with Crippen LogP contribution < -0.4 is 11.1 Å². The average molecular weight is 295 g/mol. The molecule has 0 radical (unpaired) electrons. The number of rotatable bonds is 4. The van der Waals surface area contributed by atoms with Gasteiger partial charge in [0.15, 0.2) is 0 Å². The lowest BCUT2D eigenvalue weighted by Crippen LogP contribution is -2.01. The van der Waals surface area contributed by atoms with E-state index in [4.69, 9.17) is 11.1 Å². The van der Waals surface area contributed by atoms with Crippen molar-refractivity contribution in [1.29, 1.82) is 5.41 Å². The van der Waals surface area contributed by atoms with E-state index in [1.807, 2.05) is 6.92 Å². The molecular formula is C15H17N7. The predicted octanol–water partition coefficient (Wildman–Crippen LogP) is 2.55. The number of H-pyrrole nitrogens is 1. The van der Waals surface area contributed by atoms with Crippen molar-refractivity contribution in [2.45, 2.75) is 20.3 Å². The number of hydrogen-bond donors (Lipinski definition) is 4. The Morgan fingerprint density at radius 1 is 1.36 bits per heavy atom. The largest absolute Gasteiger partial charge is 0.397 e. The van der Waals surface area contributed by atoms with Gasteiger partial charge in [-0.15, -0.1) is 0 Å². The Bertz CT molecular complexity index is 850. The Hall–Kier alpha value is -2.96. The van der Waals surface area contributed by atoms with Crippen LogP contribution in [0.5, 0.6) is 0 Å². The molecule has 0 saturated heterocycles. The number of fused-ring (bicyclic) bond motifs is 1. The molecule has 0 fully saturated rings. The number of aryl methyl sites for hydroxylation is 2. The Labute approximate surface area is 127 Å². The summed E-state index contributed by atoms with van der Waals surface area (Å²) in [5.41, 5.74) is 9.91. The van der Waals surface area contributed by atoms with Gasteiger partial charge in [-0.2, -0.15) is 0 Å². The maximum absolute atomic E-state index is 7.36. The summed E-state index contributed by atoms with van der Waals surface area (Å²) in [5, 5.41) is 11.5. The minimum Gasteiger partial charge on any atom is -0.397 e. The number of aromatic nitrogens is 4. The zero-order valence-corrected chi connectivity index (χ0v) is 12.4. The third kappa shape index (κ3) is 2.26. The molecule has 5 N–H and O–H groups in total. The molecule has 0 aliphatic carbocycles. The van der Waals surface area contributed by atoms with E-state index in [9.17, 15) is 0 Å². The Kier molecular flexibility index (Phi) is 3.46. The fourth-order valence-corrected chi connectivity index (χ4v) is 2.47. The number of pyridine rings is 1. The van der Waals surface area contributed by atoms with Gasteiger partial charge >= 0.3 is 0 Å². The summed E-state index contributed by atoms with van der Waals surface area (Å²) in [7, 11) is 0. The first-order valence-corrected chi connectivity index (χ1v) is 6.99. The molecule has 0 atom stereocenters. The SMILES string of the molecule is CCc1[nH]c2ncnc(Nc3cc(C=N)c(N)cn3)c2c1C. The molecule has 3 rings (SSSR count). The second-order valence-corrected chi connectivity index (χ2v) is 5.00. The van der Waals surface area contributed by atoms with Crippen LogP contribution in [-0.4, -0.2) is 26.2 Å². The molecule has 0 bridgehead atoms. The third-order valence-electron chi connectivity index (χ3n) is 3.67. The van der Waals surface area contributed by atoms with E-state index in [1.54, 1.807) is 6.07 Å². The normalized spacial score (nSPS) is 10.8. The second kappa shape index (κ2) is 5.44. The maximum Gasteiger partial charge on any atom is 0.144 e. The highest BCUT2D eigenvalue weighted by Crippen LogP contribution is 2.28. The standard InChI is InChI=1S/C15H17N7/c1-3-11-8(2)13-14(21-11)19-7-20-15(13)22-12-4-9(5-16)10(17)6-18-12/h4-7,16H,3,17H2,1-2H3,(H2,18,19,20,21,22). The van der Waals surface area contributed by atoms with Crippen LogP contribution in [0.3, 0.4) is 0 Å². The highest BCUT2D eigenvalue weighted by Gasteiger charge is 2.13. The van der Waals surface area contributed by atoms with Crippen molar-refractivity contribution in [3.05, 3.63) is 35.4 Å². The van der Waals surface area contributed by atoms with Crippen LogP contribution in [0.1, 0.15) is 23.7 Å². The summed E-state index contributed by atoms with van der Waals surface area (Å²) in [6.45, 7) is 4.14. The number of nitrogen functional groups attached to an aromatic ring is 1. The summed E-state index contributed by atoms with van der Waals surface area (Å²) < 4.78 is 0. The molecule has 112 valence electrons. The molecule has 22 heavy (non-hydrogen) atoms. The van der Waals surface area contributed by atoms with Gasteiger partial charge in [0.25, 0.3) is 0 Å². The van der Waals surface area contributed by atoms with Crippen LogP contribution in [0.15, 0.2) is 18.6 Å². The first-order chi connectivity index (χ1) is 10.6. The van der Waals surface area contributed by atoms with Crippen molar-refractivity contribution in [2.75, 3.05) is 11.1 Å². The molecular weight excluding hydrogens is 278 g/mol. The number of nitrogens with zero attached hydrogens (tertiary/aromatic N) is 3. The highest BCUT2D eigenvalue weighted by molar-refractivity contribution is 5.93. The van der Waals surface area contributed by atoms with Crippen molar-refractivity contribution in [3.8, 4) is 0 Å². The second-order valence-electron chi connectivity index (χ2n) is 5.00. The van der Waals surface area contributed by atoms with Crippen molar-refractivity contribution in [3.63, 3.8) is 0 Å². The van der Waals surface area contributed by atoms with E-state index >= 15 is 0 Å². The van der Waals surface area contributed by atoms with Crippen LogP contribution in [0.25, 0.3) is 11.0 Å². The van der Waals surface area contributed by atoms with E-state index in [0.717, 1.165) is 28.7 Å². The van der Waals surface area contributed by atoms with Crippen LogP contribution in [-0.2, 0) is 6.42 Å². The summed E-state index contributed by atoms with van der Waals surface area (Å²) in [6.07, 6.45) is 5.14. The van der Waals surface area contributed by atoms with Gasteiger partial charge in [-0.25, -0.2) is 15.0 Å². The van der Waals surface area contributed by atoms with Crippen LogP contribution in [0, 0.1) is 12.3 Å². The van der Waals surface area contributed by atoms with Crippen molar-refractivity contribution in [2.24, 2.45) is 0 Å². The number of hydrogen-bond acceptors (Lipinski definition) is 6. The minimum absolute atomic E-state index is 0.472. The average Bonchev–Trinajstić information content (AvgIpc) is 2.86. The maximum atomic E-state index is 7.36. The molecule has 0 unspecified atom stereocenters. The number of nitrogens with two attached hydrogens (primary N) is 1. The first kappa shape index (κ1) is 14.0. The van der Waals surface area contributed by atoms with Crippen molar-refractivity contribution < 1.29 is 0 Å². The lowest BCUT2D eigenvalue weighted by Gasteiger charge is -2.08. The topological polar surface area (TPSA) is 116 Å². The smallest absolute Gasteiger partial charge is 0.144 e. The van der Waals surface area contributed by atoms with Gasteiger partial charge in [0, 0.05) is 17.5 Å². The summed E-state index contributed by atoms with van der Waals surface area (Å²) in [6, 6.07) is 1.72. The van der Waals surface area contributed by atoms with Gasteiger partial charge < -0.3 is 21.4 Å². The quantitative estimate of drug-likeness (QED) is 0.552. The Morgan fingerprint density at radius 2 is 2.18 bits per heavy atom. The Balaban J connectivity index is 2.07. The highest BCUT2D eigenvalue weighted by atomic mass is 15.1. The van der Waals surface area contributed by atoms with Crippen LogP contribution in [0.2, 0.25) is 0 Å². The van der Waals surface area contributed by atoms with Gasteiger partial charge in [0.05, 0.1) is 17.3 Å². The van der Waals surface area contributed by atoms with Gasteiger partial charge in [0.1, 0.15) is 23.6 Å². The van der Waals surface area contributed by atoms with E-state index in [-0.39, 0.29) is 0 Å². The molecule has 0 aliphatic rings. The van der Waals surface area contributed by atoms with Crippen molar-refractivity contribution in [1.82, 2.24) is 19.9 Å². The first-order valence-electron chi connectivity index (χ1n) is 6.99. The minimum atomic E-state index is 0.472. The lowest BCUT2D eigenvalue weighted by molar-refractivity contribution is 1.05. The van der Waals surface area contributed by atoms with Crippen molar-refractivity contribution >= 4 is 34.6 Å². The molecule has 0 amide bonds. The summed E-state index contributed by atoms with van der Waals surface area (Å²) >= 11 is 0. The van der Waals surface area contributed by atoms with E-state index < -0.39 is 0 Å².